The molecule has 8 nitrogen and oxygen atoms in total. The molecular formula is C27H30N2O6. The summed E-state index contributed by atoms with van der Waals surface area (Å²) in [4.78, 5) is 30.5. The molecule has 0 spiro atoms. The average molecular weight is 479 g/mol. The normalized spacial score (nSPS) is 16.1. The Morgan fingerprint density at radius 1 is 1.09 bits per heavy atom. The van der Waals surface area contributed by atoms with Crippen LogP contribution in [0.15, 0.2) is 64.3 Å². The minimum atomic E-state index is -0.862. The van der Waals surface area contributed by atoms with Crippen LogP contribution in [0.1, 0.15) is 42.9 Å². The molecule has 2 heterocycles. The van der Waals surface area contributed by atoms with Crippen molar-refractivity contribution in [2.24, 2.45) is 0 Å². The fraction of sp³-hybridized carbons (Fsp3) is 0.333. The third-order valence-electron chi connectivity index (χ3n) is 6.35. The van der Waals surface area contributed by atoms with Crippen molar-refractivity contribution in [3.63, 3.8) is 0 Å². The summed E-state index contributed by atoms with van der Waals surface area (Å²) in [7, 11) is 0. The number of phenolic OH excluding ortho intramolecular Hbond substituents is 1. The number of likely N-dealkylation sites (N-methyl/N-ethyl adjacent to an activating group) is 1. The molecule has 1 aliphatic heterocycles. The number of ether oxygens (including phenoxy) is 1. The number of carbonyl (C=O) groups is 2. The van der Waals surface area contributed by atoms with Crippen molar-refractivity contribution >= 4 is 22.7 Å². The van der Waals surface area contributed by atoms with E-state index in [1.54, 1.807) is 37.3 Å². The molecule has 35 heavy (non-hydrogen) atoms. The number of hydrogen-bond acceptors (Lipinski definition) is 7. The van der Waals surface area contributed by atoms with Crippen LogP contribution in [0.2, 0.25) is 0 Å². The molecule has 0 fully saturated rings. The summed E-state index contributed by atoms with van der Waals surface area (Å²) < 4.78 is 11.3. The number of benzene rings is 2. The Hall–Kier alpha value is -3.78. The fourth-order valence-electron chi connectivity index (χ4n) is 4.45. The van der Waals surface area contributed by atoms with Crippen molar-refractivity contribution in [3.8, 4) is 11.5 Å². The zero-order valence-corrected chi connectivity index (χ0v) is 20.2. The second-order valence-electron chi connectivity index (χ2n) is 8.33. The molecule has 1 unspecified atom stereocenters. The Labute approximate surface area is 204 Å². The number of hydrogen-bond donors (Lipinski definition) is 2. The second-order valence-corrected chi connectivity index (χ2v) is 8.33. The van der Waals surface area contributed by atoms with Gasteiger partial charge in [-0.25, -0.2) is 0 Å². The van der Waals surface area contributed by atoms with Crippen LogP contribution in [-0.4, -0.2) is 64.5 Å². The molecule has 184 valence electrons. The first-order chi connectivity index (χ1) is 16.9. The lowest BCUT2D eigenvalue weighted by molar-refractivity contribution is -0.129. The molecule has 2 N–H and O–H groups in total. The Morgan fingerprint density at radius 3 is 2.51 bits per heavy atom. The number of nitrogens with zero attached hydrogens (tertiary/aromatic N) is 2. The van der Waals surface area contributed by atoms with Gasteiger partial charge in [-0.2, -0.15) is 0 Å². The first-order valence-corrected chi connectivity index (χ1v) is 11.8. The minimum absolute atomic E-state index is 0.0416. The van der Waals surface area contributed by atoms with E-state index in [2.05, 4.69) is 4.90 Å². The molecule has 0 saturated heterocycles. The molecule has 0 saturated carbocycles. The Bertz CT molecular complexity index is 1240. The number of ketones is 1. The first-order valence-electron chi connectivity index (χ1n) is 11.8. The van der Waals surface area contributed by atoms with E-state index in [0.29, 0.717) is 30.8 Å². The molecule has 0 bridgehead atoms. The summed E-state index contributed by atoms with van der Waals surface area (Å²) in [5, 5.41) is 21.9. The van der Waals surface area contributed by atoms with E-state index in [1.807, 2.05) is 26.0 Å². The molecule has 0 radical (unpaired) electrons. The second kappa shape index (κ2) is 10.2. The van der Waals surface area contributed by atoms with Crippen LogP contribution in [0.25, 0.3) is 11.0 Å². The van der Waals surface area contributed by atoms with E-state index in [9.17, 15) is 19.8 Å². The Kier molecular flexibility index (Phi) is 7.12. The van der Waals surface area contributed by atoms with E-state index in [0.717, 1.165) is 18.5 Å². The van der Waals surface area contributed by atoms with E-state index in [1.165, 1.54) is 11.0 Å². The van der Waals surface area contributed by atoms with E-state index >= 15 is 0 Å². The molecule has 1 atom stereocenters. The van der Waals surface area contributed by atoms with Gasteiger partial charge in [0.2, 0.25) is 5.78 Å². The van der Waals surface area contributed by atoms with Crippen LogP contribution in [-0.2, 0) is 4.79 Å². The number of aromatic hydroxyl groups is 1. The summed E-state index contributed by atoms with van der Waals surface area (Å²) in [6.45, 7) is 8.69. The van der Waals surface area contributed by atoms with Gasteiger partial charge in [0, 0.05) is 18.5 Å². The van der Waals surface area contributed by atoms with Crippen molar-refractivity contribution in [2.75, 3.05) is 32.8 Å². The lowest BCUT2D eigenvalue weighted by Crippen LogP contribution is -2.38. The highest BCUT2D eigenvalue weighted by Crippen LogP contribution is 2.41. The molecule has 0 aliphatic carbocycles. The van der Waals surface area contributed by atoms with E-state index < -0.39 is 23.5 Å². The van der Waals surface area contributed by atoms with Crippen LogP contribution in [0.4, 0.5) is 0 Å². The summed E-state index contributed by atoms with van der Waals surface area (Å²) in [6.07, 6.45) is 0. The number of aliphatic hydroxyl groups is 1. The standard InChI is InChI=1S/C27H30N2O6/c1-4-28(5-2)13-14-29-24(18-11-12-19(30)21(16-18)34-6-3)23(26(32)27(29)33)25(31)22-15-17-9-7-8-10-20(17)35-22/h7-12,15-16,24,30,32H,4-6,13-14H2,1-3H3. The van der Waals surface area contributed by atoms with Crippen molar-refractivity contribution in [2.45, 2.75) is 26.8 Å². The predicted molar refractivity (Wildman–Crippen MR) is 132 cm³/mol. The number of rotatable bonds is 10. The topological polar surface area (TPSA) is 103 Å². The van der Waals surface area contributed by atoms with Crippen LogP contribution in [0.3, 0.4) is 0 Å². The first kappa shape index (κ1) is 24.3. The molecule has 2 aromatic carbocycles. The Balaban J connectivity index is 1.78. The summed E-state index contributed by atoms with van der Waals surface area (Å²) in [5.74, 6) is -1.54. The Morgan fingerprint density at radius 2 is 1.83 bits per heavy atom. The number of Topliss-reactive ketones (excluding diaryl/α,β-unsaturated/α-hetero) is 1. The molecule has 4 rings (SSSR count). The summed E-state index contributed by atoms with van der Waals surface area (Å²) in [6, 6.07) is 12.7. The molecule has 1 amide bonds. The van der Waals surface area contributed by atoms with Gasteiger partial charge in [0.05, 0.1) is 18.2 Å². The van der Waals surface area contributed by atoms with Crippen molar-refractivity contribution in [3.05, 3.63) is 71.2 Å². The van der Waals surface area contributed by atoms with Gasteiger partial charge < -0.3 is 29.2 Å². The quantitative estimate of drug-likeness (QED) is 0.415. The van der Waals surface area contributed by atoms with Crippen molar-refractivity contribution in [1.29, 1.82) is 0 Å². The predicted octanol–water partition coefficient (Wildman–Crippen LogP) is 4.46. The number of carbonyl (C=O) groups excluding carboxylic acids is 2. The molecular weight excluding hydrogens is 448 g/mol. The zero-order chi connectivity index (χ0) is 25.1. The number of para-hydroxylation sites is 1. The third-order valence-corrected chi connectivity index (χ3v) is 6.35. The number of furan rings is 1. The molecule has 8 heteroatoms. The van der Waals surface area contributed by atoms with Crippen LogP contribution in [0.5, 0.6) is 11.5 Å². The van der Waals surface area contributed by atoms with Crippen LogP contribution >= 0.6 is 0 Å². The largest absolute Gasteiger partial charge is 0.504 e. The van der Waals surface area contributed by atoms with Crippen molar-refractivity contribution < 1.29 is 29.0 Å². The fourth-order valence-corrected chi connectivity index (χ4v) is 4.45. The van der Waals surface area contributed by atoms with Gasteiger partial charge in [0.25, 0.3) is 5.91 Å². The molecule has 1 aromatic heterocycles. The van der Waals surface area contributed by atoms with Crippen molar-refractivity contribution in [1.82, 2.24) is 9.80 Å². The highest BCUT2D eigenvalue weighted by molar-refractivity contribution is 6.16. The highest BCUT2D eigenvalue weighted by atomic mass is 16.5. The molecule has 3 aromatic rings. The SMILES string of the molecule is CCOc1cc(C2C(C(=O)c3cc4ccccc4o3)=C(O)C(=O)N2CCN(CC)CC)ccc1O. The van der Waals surface area contributed by atoms with Gasteiger partial charge >= 0.3 is 0 Å². The lowest BCUT2D eigenvalue weighted by Gasteiger charge is -2.29. The lowest BCUT2D eigenvalue weighted by atomic mass is 9.94. The number of fused-ring (bicyclic) bond motifs is 1. The van der Waals surface area contributed by atoms with Gasteiger partial charge in [-0.05, 0) is 49.8 Å². The number of amides is 1. The van der Waals surface area contributed by atoms with Crippen LogP contribution < -0.4 is 4.74 Å². The number of phenols is 1. The maximum Gasteiger partial charge on any atom is 0.290 e. The zero-order valence-electron chi connectivity index (χ0n) is 20.2. The van der Waals surface area contributed by atoms with E-state index in [4.69, 9.17) is 9.15 Å². The van der Waals surface area contributed by atoms with Gasteiger partial charge in [-0.3, -0.25) is 9.59 Å². The summed E-state index contributed by atoms with van der Waals surface area (Å²) in [5.41, 5.74) is 1.03. The average Bonchev–Trinajstić information content (AvgIpc) is 3.40. The third kappa shape index (κ3) is 4.61. The maximum absolute atomic E-state index is 13.6. The van der Waals surface area contributed by atoms with Gasteiger partial charge in [-0.1, -0.05) is 38.1 Å². The monoisotopic (exact) mass is 478 g/mol. The smallest absolute Gasteiger partial charge is 0.290 e. The molecule has 1 aliphatic rings. The van der Waals surface area contributed by atoms with Gasteiger partial charge in [-0.15, -0.1) is 0 Å². The van der Waals surface area contributed by atoms with E-state index in [-0.39, 0.29) is 22.8 Å². The minimum Gasteiger partial charge on any atom is -0.504 e. The maximum atomic E-state index is 13.6. The van der Waals surface area contributed by atoms with Crippen LogP contribution in [0, 0.1) is 0 Å². The summed E-state index contributed by atoms with van der Waals surface area (Å²) >= 11 is 0. The number of aliphatic hydroxyl groups excluding tert-OH is 1. The highest BCUT2D eigenvalue weighted by Gasteiger charge is 2.44. The van der Waals surface area contributed by atoms with Gasteiger partial charge in [0.15, 0.2) is 23.0 Å². The van der Waals surface area contributed by atoms with Gasteiger partial charge in [0.1, 0.15) is 5.58 Å².